The van der Waals surface area contributed by atoms with E-state index in [-0.39, 0.29) is 22.6 Å². The Bertz CT molecular complexity index is 743. The van der Waals surface area contributed by atoms with E-state index in [1.54, 1.807) is 12.1 Å². The van der Waals surface area contributed by atoms with Gasteiger partial charge in [-0.3, -0.25) is 14.9 Å². The first-order valence-corrected chi connectivity index (χ1v) is 9.25. The van der Waals surface area contributed by atoms with E-state index in [2.05, 4.69) is 21.2 Å². The van der Waals surface area contributed by atoms with Gasteiger partial charge in [-0.15, -0.1) is 11.3 Å². The summed E-state index contributed by atoms with van der Waals surface area (Å²) in [5, 5.41) is 16.2. The summed E-state index contributed by atoms with van der Waals surface area (Å²) in [6, 6.07) is 8.87. The van der Waals surface area contributed by atoms with Crippen LogP contribution in [-0.2, 0) is 0 Å². The molecule has 1 N–H and O–H groups in total. The van der Waals surface area contributed by atoms with Crippen molar-refractivity contribution in [1.82, 2.24) is 5.32 Å². The second-order valence-electron chi connectivity index (χ2n) is 5.60. The third kappa shape index (κ3) is 3.76. The average Bonchev–Trinajstić information content (AvgIpc) is 3.10. The van der Waals surface area contributed by atoms with Crippen LogP contribution in [0, 0.1) is 10.1 Å². The van der Waals surface area contributed by atoms with Crippen LogP contribution in [0.4, 0.5) is 11.4 Å². The second kappa shape index (κ2) is 7.31. The van der Waals surface area contributed by atoms with Gasteiger partial charge in [0.2, 0.25) is 0 Å². The first-order valence-electron chi connectivity index (χ1n) is 7.58. The number of rotatable bonds is 4. The molecule has 0 radical (unpaired) electrons. The summed E-state index contributed by atoms with van der Waals surface area (Å²) in [5.74, 6) is -0.0435. The van der Waals surface area contributed by atoms with Crippen molar-refractivity contribution in [2.75, 3.05) is 18.0 Å². The van der Waals surface area contributed by atoms with Crippen molar-refractivity contribution in [3.05, 3.63) is 55.2 Å². The van der Waals surface area contributed by atoms with Crippen molar-refractivity contribution in [3.8, 4) is 0 Å². The van der Waals surface area contributed by atoms with E-state index < -0.39 is 0 Å². The van der Waals surface area contributed by atoms with E-state index in [0.717, 1.165) is 12.8 Å². The highest BCUT2D eigenvalue weighted by Crippen LogP contribution is 2.32. The summed E-state index contributed by atoms with van der Waals surface area (Å²) >= 11 is 4.70. The highest BCUT2D eigenvalue weighted by atomic mass is 79.9. The molecule has 1 amide bonds. The van der Waals surface area contributed by atoms with Gasteiger partial charge in [-0.2, -0.15) is 0 Å². The average molecular weight is 410 g/mol. The van der Waals surface area contributed by atoms with E-state index in [1.807, 2.05) is 22.4 Å². The molecular formula is C16H16BrN3O3S. The number of hydrogen-bond donors (Lipinski definition) is 1. The number of nitrogens with zero attached hydrogens (tertiary/aromatic N) is 2. The van der Waals surface area contributed by atoms with Gasteiger partial charge in [0.15, 0.2) is 0 Å². The molecule has 1 aliphatic rings. The molecule has 2 heterocycles. The van der Waals surface area contributed by atoms with Crippen molar-refractivity contribution < 1.29 is 9.72 Å². The predicted molar refractivity (Wildman–Crippen MR) is 97.8 cm³/mol. The van der Waals surface area contributed by atoms with E-state index in [1.165, 1.54) is 17.4 Å². The monoisotopic (exact) mass is 409 g/mol. The van der Waals surface area contributed by atoms with E-state index in [9.17, 15) is 14.9 Å². The van der Waals surface area contributed by atoms with E-state index >= 15 is 0 Å². The van der Waals surface area contributed by atoms with Gasteiger partial charge in [-0.05, 0) is 36.4 Å². The zero-order valence-electron chi connectivity index (χ0n) is 12.8. The summed E-state index contributed by atoms with van der Waals surface area (Å²) in [7, 11) is 0. The van der Waals surface area contributed by atoms with Crippen molar-refractivity contribution in [2.45, 2.75) is 18.9 Å². The summed E-state index contributed by atoms with van der Waals surface area (Å²) in [6.45, 7) is 1.36. The molecule has 2 aromatic rings. The molecule has 1 aromatic heterocycles. The minimum Gasteiger partial charge on any atom is -0.366 e. The number of thiophene rings is 1. The number of halogens is 1. The topological polar surface area (TPSA) is 75.5 Å². The quantitative estimate of drug-likeness (QED) is 0.614. The highest BCUT2D eigenvalue weighted by molar-refractivity contribution is 9.10. The molecule has 3 rings (SSSR count). The highest BCUT2D eigenvalue weighted by Gasteiger charge is 2.26. The lowest BCUT2D eigenvalue weighted by Crippen LogP contribution is -2.44. The largest absolute Gasteiger partial charge is 0.366 e. The lowest BCUT2D eigenvalue weighted by atomic mass is 10.0. The fourth-order valence-electron chi connectivity index (χ4n) is 2.84. The first-order chi connectivity index (χ1) is 11.5. The van der Waals surface area contributed by atoms with E-state index in [4.69, 9.17) is 0 Å². The van der Waals surface area contributed by atoms with Gasteiger partial charge in [0.25, 0.3) is 11.6 Å². The SMILES string of the molecule is O=C(NC1CCN(c2ccc(Br)cc2[N+](=O)[O-])CC1)c1cccs1. The van der Waals surface area contributed by atoms with E-state index in [0.29, 0.717) is 28.1 Å². The molecule has 0 aliphatic carbocycles. The minimum absolute atomic E-state index is 0.0435. The van der Waals surface area contributed by atoms with Crippen molar-refractivity contribution in [3.63, 3.8) is 0 Å². The standard InChI is InChI=1S/C16H16BrN3O3S/c17-11-3-4-13(14(10-11)20(22)23)19-7-5-12(6-8-19)18-16(21)15-2-1-9-24-15/h1-4,9-10,12H,5-8H2,(H,18,21). The zero-order valence-corrected chi connectivity index (χ0v) is 15.2. The lowest BCUT2D eigenvalue weighted by Gasteiger charge is -2.33. The molecule has 0 bridgehead atoms. The Hall–Kier alpha value is -1.93. The van der Waals surface area contributed by atoms with Crippen LogP contribution in [0.25, 0.3) is 0 Å². The number of nitro groups is 1. The predicted octanol–water partition coefficient (Wildman–Crippen LogP) is 3.82. The van der Waals surface area contributed by atoms with Gasteiger partial charge in [-0.1, -0.05) is 22.0 Å². The number of carbonyl (C=O) groups is 1. The van der Waals surface area contributed by atoms with Gasteiger partial charge in [-0.25, -0.2) is 0 Å². The summed E-state index contributed by atoms with van der Waals surface area (Å²) in [6.07, 6.45) is 1.54. The number of anilines is 1. The molecule has 6 nitrogen and oxygen atoms in total. The van der Waals surface area contributed by atoms with Crippen LogP contribution in [0.5, 0.6) is 0 Å². The van der Waals surface area contributed by atoms with Crippen LogP contribution >= 0.6 is 27.3 Å². The molecule has 1 aromatic carbocycles. The Labute approximate surface area is 151 Å². The number of carbonyl (C=O) groups excluding carboxylic acids is 1. The Balaban J connectivity index is 1.63. The molecular weight excluding hydrogens is 394 g/mol. The molecule has 0 spiro atoms. The van der Waals surface area contributed by atoms with Crippen LogP contribution in [0.1, 0.15) is 22.5 Å². The number of nitro benzene ring substituents is 1. The molecule has 8 heteroatoms. The summed E-state index contributed by atoms with van der Waals surface area (Å²) < 4.78 is 0.691. The molecule has 0 unspecified atom stereocenters. The van der Waals surface area contributed by atoms with Gasteiger partial charge in [0, 0.05) is 29.7 Å². The van der Waals surface area contributed by atoms with Crippen molar-refractivity contribution in [2.24, 2.45) is 0 Å². The van der Waals surface area contributed by atoms with Crippen LogP contribution in [0.2, 0.25) is 0 Å². The Kier molecular flexibility index (Phi) is 5.15. The fraction of sp³-hybridized carbons (Fsp3) is 0.312. The van der Waals surface area contributed by atoms with Gasteiger partial charge in [0.1, 0.15) is 5.69 Å². The first kappa shape index (κ1) is 16.9. The van der Waals surface area contributed by atoms with Crippen LogP contribution in [-0.4, -0.2) is 30.0 Å². The second-order valence-corrected chi connectivity index (χ2v) is 7.47. The molecule has 1 fully saturated rings. The third-order valence-electron chi connectivity index (χ3n) is 4.05. The van der Waals surface area contributed by atoms with Crippen LogP contribution in [0.15, 0.2) is 40.2 Å². The maximum atomic E-state index is 12.1. The Morgan fingerprint density at radius 3 is 2.71 bits per heavy atom. The molecule has 1 saturated heterocycles. The molecule has 126 valence electrons. The fourth-order valence-corrected chi connectivity index (χ4v) is 3.82. The van der Waals surface area contributed by atoms with Crippen molar-refractivity contribution >= 4 is 44.5 Å². The maximum Gasteiger partial charge on any atom is 0.293 e. The van der Waals surface area contributed by atoms with Gasteiger partial charge in [0.05, 0.1) is 9.80 Å². The molecule has 1 aliphatic heterocycles. The third-order valence-corrected chi connectivity index (χ3v) is 5.41. The maximum absolute atomic E-state index is 12.1. The zero-order chi connectivity index (χ0) is 17.1. The Morgan fingerprint density at radius 1 is 1.33 bits per heavy atom. The molecule has 24 heavy (non-hydrogen) atoms. The van der Waals surface area contributed by atoms with Crippen LogP contribution < -0.4 is 10.2 Å². The smallest absolute Gasteiger partial charge is 0.293 e. The Morgan fingerprint density at radius 2 is 2.08 bits per heavy atom. The number of amides is 1. The van der Waals surface area contributed by atoms with Gasteiger partial charge < -0.3 is 10.2 Å². The number of piperidine rings is 1. The number of hydrogen-bond acceptors (Lipinski definition) is 5. The summed E-state index contributed by atoms with van der Waals surface area (Å²) in [5.41, 5.74) is 0.733. The number of nitrogens with one attached hydrogen (secondary N) is 1. The summed E-state index contributed by atoms with van der Waals surface area (Å²) in [4.78, 5) is 25.7. The normalized spacial score (nSPS) is 15.3. The number of benzene rings is 1. The molecule has 0 saturated carbocycles. The van der Waals surface area contributed by atoms with Crippen molar-refractivity contribution in [1.29, 1.82) is 0 Å². The van der Waals surface area contributed by atoms with Gasteiger partial charge >= 0.3 is 0 Å². The lowest BCUT2D eigenvalue weighted by molar-refractivity contribution is -0.384. The minimum atomic E-state index is -0.356. The van der Waals surface area contributed by atoms with Crippen LogP contribution in [0.3, 0.4) is 0 Å². The molecule has 0 atom stereocenters.